The lowest BCUT2D eigenvalue weighted by atomic mass is 9.92. The monoisotopic (exact) mass is 313 g/mol. The highest BCUT2D eigenvalue weighted by Crippen LogP contribution is 2.52. The lowest BCUT2D eigenvalue weighted by Gasteiger charge is -2.20. The molecule has 0 bridgehead atoms. The summed E-state index contributed by atoms with van der Waals surface area (Å²) in [7, 11) is -3.45. The predicted molar refractivity (Wildman–Crippen MR) is 81.6 cm³/mol. The molecule has 0 spiro atoms. The molecular formula is C13H19N3O2S2. The number of sulfone groups is 1. The second-order valence-corrected chi connectivity index (χ2v) is 8.73. The van der Waals surface area contributed by atoms with E-state index < -0.39 is 9.84 Å². The van der Waals surface area contributed by atoms with E-state index in [0.717, 1.165) is 37.0 Å². The fraction of sp³-hybridized carbons (Fsp3) is 0.615. The molecule has 0 aromatic carbocycles. The quantitative estimate of drug-likeness (QED) is 0.870. The Morgan fingerprint density at radius 3 is 2.50 bits per heavy atom. The summed E-state index contributed by atoms with van der Waals surface area (Å²) in [4.78, 5) is 0.320. The van der Waals surface area contributed by atoms with Crippen LogP contribution in [0.15, 0.2) is 4.90 Å². The zero-order valence-electron chi connectivity index (χ0n) is 11.9. The van der Waals surface area contributed by atoms with Crippen molar-refractivity contribution in [2.45, 2.75) is 31.6 Å². The van der Waals surface area contributed by atoms with Gasteiger partial charge in [-0.15, -0.1) is 11.3 Å². The van der Waals surface area contributed by atoms with Crippen molar-refractivity contribution in [1.29, 1.82) is 5.26 Å². The Bertz CT molecular complexity index is 665. The molecule has 1 fully saturated rings. The van der Waals surface area contributed by atoms with Gasteiger partial charge in [-0.1, -0.05) is 13.8 Å². The van der Waals surface area contributed by atoms with E-state index in [9.17, 15) is 8.42 Å². The number of hydrogen-bond donors (Lipinski definition) is 2. The summed E-state index contributed by atoms with van der Waals surface area (Å²) in [6.45, 7) is 5.07. The molecule has 0 atom stereocenters. The van der Waals surface area contributed by atoms with Crippen LogP contribution in [0.1, 0.15) is 31.6 Å². The van der Waals surface area contributed by atoms with Crippen LogP contribution in [0.25, 0.3) is 0 Å². The van der Waals surface area contributed by atoms with E-state index in [1.807, 2.05) is 6.07 Å². The molecule has 3 N–H and O–H groups in total. The van der Waals surface area contributed by atoms with Crippen molar-refractivity contribution in [3.05, 3.63) is 4.88 Å². The van der Waals surface area contributed by atoms with E-state index in [1.165, 1.54) is 0 Å². The Morgan fingerprint density at radius 2 is 2.10 bits per heavy atom. The maximum absolute atomic E-state index is 11.9. The first-order valence-corrected chi connectivity index (χ1v) is 9.18. The van der Waals surface area contributed by atoms with Gasteiger partial charge in [-0.05, 0) is 24.2 Å². The summed E-state index contributed by atoms with van der Waals surface area (Å²) < 4.78 is 23.7. The van der Waals surface area contributed by atoms with Crippen LogP contribution in [-0.2, 0) is 9.84 Å². The highest BCUT2D eigenvalue weighted by Gasteiger charge is 2.45. The second-order valence-electron chi connectivity index (χ2n) is 5.76. The third kappa shape index (κ3) is 2.63. The van der Waals surface area contributed by atoms with Crippen LogP contribution in [-0.4, -0.2) is 21.2 Å². The van der Waals surface area contributed by atoms with Crippen molar-refractivity contribution in [3.8, 4) is 6.07 Å². The third-order valence-electron chi connectivity index (χ3n) is 4.09. The Morgan fingerprint density at radius 1 is 1.50 bits per heavy atom. The smallest absolute Gasteiger partial charge is 0.180 e. The maximum atomic E-state index is 11.9. The third-order valence-corrected chi connectivity index (χ3v) is 6.45. The van der Waals surface area contributed by atoms with Crippen molar-refractivity contribution in [2.24, 2.45) is 11.3 Å². The topological polar surface area (TPSA) is 96.0 Å². The summed E-state index contributed by atoms with van der Waals surface area (Å²) in [6.07, 6.45) is 3.42. The Balaban J connectivity index is 2.31. The minimum Gasteiger partial charge on any atom is -0.396 e. The lowest BCUT2D eigenvalue weighted by Crippen LogP contribution is -2.21. The summed E-state index contributed by atoms with van der Waals surface area (Å²) in [5.41, 5.74) is 6.10. The number of nitrogens with zero attached hydrogens (tertiary/aromatic N) is 1. The predicted octanol–water partition coefficient (Wildman–Crippen LogP) is 2.45. The van der Waals surface area contributed by atoms with Gasteiger partial charge in [0.25, 0.3) is 0 Å². The van der Waals surface area contributed by atoms with Gasteiger partial charge < -0.3 is 11.1 Å². The van der Waals surface area contributed by atoms with Crippen LogP contribution in [0.2, 0.25) is 0 Å². The highest BCUT2D eigenvalue weighted by atomic mass is 32.2. The van der Waals surface area contributed by atoms with Crippen molar-refractivity contribution in [2.75, 3.05) is 23.9 Å². The summed E-state index contributed by atoms with van der Waals surface area (Å²) in [6, 6.07) is 1.95. The van der Waals surface area contributed by atoms with Gasteiger partial charge in [-0.3, -0.25) is 0 Å². The molecule has 0 unspecified atom stereocenters. The minimum atomic E-state index is -3.45. The molecule has 1 aromatic heterocycles. The van der Waals surface area contributed by atoms with E-state index in [0.29, 0.717) is 10.9 Å². The van der Waals surface area contributed by atoms with Crippen LogP contribution in [0, 0.1) is 22.7 Å². The molecule has 1 aliphatic carbocycles. The molecule has 5 nitrogen and oxygen atoms in total. The second kappa shape index (κ2) is 4.93. The molecule has 1 heterocycles. The first kappa shape index (κ1) is 15.1. The molecule has 2 rings (SSSR count). The highest BCUT2D eigenvalue weighted by molar-refractivity contribution is 7.91. The number of anilines is 2. The van der Waals surface area contributed by atoms with E-state index in [-0.39, 0.29) is 20.9 Å². The van der Waals surface area contributed by atoms with E-state index in [2.05, 4.69) is 19.2 Å². The molecule has 0 radical (unpaired) electrons. The molecule has 7 heteroatoms. The fourth-order valence-corrected chi connectivity index (χ4v) is 4.73. The SMILES string of the molecule is CC(C)C1(CNc2sc(C#N)c(N)c2S(C)(=O)=O)CC1. The number of thiophene rings is 1. The normalized spacial score (nSPS) is 16.9. The number of nitrogens with two attached hydrogens (primary N) is 1. The van der Waals surface area contributed by atoms with Crippen LogP contribution >= 0.6 is 11.3 Å². The van der Waals surface area contributed by atoms with Gasteiger partial charge in [-0.25, -0.2) is 8.42 Å². The van der Waals surface area contributed by atoms with Crippen LogP contribution in [0.3, 0.4) is 0 Å². The molecule has 0 amide bonds. The van der Waals surface area contributed by atoms with Gasteiger partial charge in [-0.2, -0.15) is 5.26 Å². The molecule has 0 saturated heterocycles. The number of rotatable bonds is 5. The number of nitrogen functional groups attached to an aromatic ring is 1. The first-order valence-electron chi connectivity index (χ1n) is 6.47. The van der Waals surface area contributed by atoms with Crippen LogP contribution in [0.5, 0.6) is 0 Å². The number of nitriles is 1. The van der Waals surface area contributed by atoms with E-state index in [4.69, 9.17) is 11.0 Å². The standard InChI is InChI=1S/C13H19N3O2S2/c1-8(2)13(4-5-13)7-16-12-11(20(3,17)18)10(15)9(6-14)19-12/h8,16H,4-5,7,15H2,1-3H3. The van der Waals surface area contributed by atoms with Gasteiger partial charge in [0.15, 0.2) is 9.84 Å². The largest absolute Gasteiger partial charge is 0.396 e. The first-order chi connectivity index (χ1) is 9.21. The fourth-order valence-electron chi connectivity index (χ4n) is 2.37. The van der Waals surface area contributed by atoms with Gasteiger partial charge >= 0.3 is 0 Å². The average Bonchev–Trinajstić information content (AvgIpc) is 3.05. The van der Waals surface area contributed by atoms with Gasteiger partial charge in [0, 0.05) is 12.8 Å². The zero-order chi connectivity index (χ0) is 15.1. The van der Waals surface area contributed by atoms with Crippen molar-refractivity contribution in [3.63, 3.8) is 0 Å². The van der Waals surface area contributed by atoms with Crippen molar-refractivity contribution < 1.29 is 8.42 Å². The van der Waals surface area contributed by atoms with Gasteiger partial charge in [0.05, 0.1) is 5.69 Å². The molecule has 1 saturated carbocycles. The number of nitrogens with one attached hydrogen (secondary N) is 1. The van der Waals surface area contributed by atoms with Crippen LogP contribution < -0.4 is 11.1 Å². The summed E-state index contributed by atoms with van der Waals surface area (Å²) in [5.74, 6) is 0.546. The van der Waals surface area contributed by atoms with Gasteiger partial charge in [0.1, 0.15) is 20.8 Å². The summed E-state index contributed by atoms with van der Waals surface area (Å²) in [5, 5.41) is 12.7. The van der Waals surface area contributed by atoms with Crippen molar-refractivity contribution in [1.82, 2.24) is 0 Å². The molecule has 20 heavy (non-hydrogen) atoms. The Hall–Kier alpha value is -1.26. The Labute approximate surface area is 123 Å². The Kier molecular flexibility index (Phi) is 3.73. The molecule has 110 valence electrons. The molecule has 1 aliphatic rings. The zero-order valence-corrected chi connectivity index (χ0v) is 13.5. The minimum absolute atomic E-state index is 0.0666. The lowest BCUT2D eigenvalue weighted by molar-refractivity contribution is 0.380. The van der Waals surface area contributed by atoms with Crippen molar-refractivity contribution >= 4 is 31.9 Å². The van der Waals surface area contributed by atoms with Gasteiger partial charge in [0.2, 0.25) is 0 Å². The van der Waals surface area contributed by atoms with E-state index in [1.54, 1.807) is 0 Å². The number of hydrogen-bond acceptors (Lipinski definition) is 6. The average molecular weight is 313 g/mol. The van der Waals surface area contributed by atoms with Crippen LogP contribution in [0.4, 0.5) is 10.7 Å². The molecule has 1 aromatic rings. The molecular weight excluding hydrogens is 294 g/mol. The maximum Gasteiger partial charge on any atom is 0.180 e. The summed E-state index contributed by atoms with van der Waals surface area (Å²) >= 11 is 1.12. The molecule has 0 aliphatic heterocycles. The van der Waals surface area contributed by atoms with E-state index >= 15 is 0 Å².